The van der Waals surface area contributed by atoms with Gasteiger partial charge in [-0.25, -0.2) is 4.39 Å². The number of nitrogens with one attached hydrogen (secondary N) is 1. The predicted molar refractivity (Wildman–Crippen MR) is 88.6 cm³/mol. The lowest BCUT2D eigenvalue weighted by molar-refractivity contribution is 0.271. The largest absolute Gasteiger partial charge is 0.493 e. The number of benzene rings is 2. The van der Waals surface area contributed by atoms with E-state index in [0.29, 0.717) is 5.92 Å². The van der Waals surface area contributed by atoms with Gasteiger partial charge in [0.1, 0.15) is 11.6 Å². The highest BCUT2D eigenvalue weighted by molar-refractivity contribution is 5.28. The number of ether oxygens (including phenoxy) is 1. The summed E-state index contributed by atoms with van der Waals surface area (Å²) in [6, 6.07) is 14.8. The fraction of sp³-hybridized carbons (Fsp3) is 0.368. The molecule has 0 aliphatic heterocycles. The minimum atomic E-state index is -0.185. The zero-order valence-electron chi connectivity index (χ0n) is 13.3. The van der Waals surface area contributed by atoms with Crippen LogP contribution in [-0.4, -0.2) is 13.2 Å². The first kappa shape index (κ1) is 16.5. The third-order valence-corrected chi connectivity index (χ3v) is 3.31. The Hall–Kier alpha value is -1.87. The second-order valence-electron chi connectivity index (χ2n) is 5.91. The van der Waals surface area contributed by atoms with Gasteiger partial charge in [-0.15, -0.1) is 0 Å². The molecular weight excluding hydrogens is 277 g/mol. The fourth-order valence-corrected chi connectivity index (χ4v) is 2.12. The highest BCUT2D eigenvalue weighted by Crippen LogP contribution is 2.14. The molecule has 0 aliphatic rings. The first-order valence-electron chi connectivity index (χ1n) is 7.80. The molecule has 118 valence electrons. The lowest BCUT2D eigenvalue weighted by Crippen LogP contribution is -2.16. The van der Waals surface area contributed by atoms with Gasteiger partial charge in [0, 0.05) is 6.54 Å². The Morgan fingerprint density at radius 3 is 2.55 bits per heavy atom. The van der Waals surface area contributed by atoms with Gasteiger partial charge in [-0.3, -0.25) is 0 Å². The molecule has 0 aromatic heterocycles. The lowest BCUT2D eigenvalue weighted by Gasteiger charge is -2.10. The monoisotopic (exact) mass is 301 g/mol. The Kier molecular flexibility index (Phi) is 6.41. The van der Waals surface area contributed by atoms with E-state index in [1.165, 1.54) is 17.7 Å². The summed E-state index contributed by atoms with van der Waals surface area (Å²) in [7, 11) is 0. The zero-order valence-corrected chi connectivity index (χ0v) is 13.3. The van der Waals surface area contributed by atoms with Gasteiger partial charge in [0.15, 0.2) is 0 Å². The molecular formula is C19H24FNO. The SMILES string of the molecule is CC(C)COc1cccc(CNCCc2ccc(F)cc2)c1. The smallest absolute Gasteiger partial charge is 0.123 e. The highest BCUT2D eigenvalue weighted by atomic mass is 19.1. The van der Waals surface area contributed by atoms with Crippen molar-refractivity contribution < 1.29 is 9.13 Å². The standard InChI is InChI=1S/C19H24FNO/c1-15(2)14-22-19-5-3-4-17(12-19)13-21-11-10-16-6-8-18(20)9-7-16/h3-9,12,15,21H,10-11,13-14H2,1-2H3. The average molecular weight is 301 g/mol. The van der Waals surface area contributed by atoms with Gasteiger partial charge in [0.2, 0.25) is 0 Å². The van der Waals surface area contributed by atoms with E-state index in [0.717, 1.165) is 37.4 Å². The molecule has 2 nitrogen and oxygen atoms in total. The Bertz CT molecular complexity index is 566. The summed E-state index contributed by atoms with van der Waals surface area (Å²) in [5.74, 6) is 1.26. The molecule has 0 amide bonds. The number of rotatable bonds is 8. The third kappa shape index (κ3) is 5.86. The van der Waals surface area contributed by atoms with Gasteiger partial charge in [-0.2, -0.15) is 0 Å². The molecule has 0 atom stereocenters. The maximum atomic E-state index is 12.8. The van der Waals surface area contributed by atoms with Crippen LogP contribution in [0.1, 0.15) is 25.0 Å². The Labute approximate surface area is 132 Å². The maximum absolute atomic E-state index is 12.8. The van der Waals surface area contributed by atoms with Gasteiger partial charge in [0.05, 0.1) is 6.61 Å². The van der Waals surface area contributed by atoms with Crippen molar-refractivity contribution in [1.29, 1.82) is 0 Å². The summed E-state index contributed by atoms with van der Waals surface area (Å²) in [4.78, 5) is 0. The molecule has 1 N–H and O–H groups in total. The van der Waals surface area contributed by atoms with Crippen LogP contribution in [0.3, 0.4) is 0 Å². The van der Waals surface area contributed by atoms with Crippen LogP contribution in [0, 0.1) is 11.7 Å². The second kappa shape index (κ2) is 8.54. The molecule has 0 unspecified atom stereocenters. The summed E-state index contributed by atoms with van der Waals surface area (Å²) in [6.45, 7) is 6.69. The van der Waals surface area contributed by atoms with Gasteiger partial charge >= 0.3 is 0 Å². The minimum absolute atomic E-state index is 0.185. The Morgan fingerprint density at radius 2 is 1.82 bits per heavy atom. The van der Waals surface area contributed by atoms with Crippen molar-refractivity contribution in [3.05, 3.63) is 65.5 Å². The Balaban J connectivity index is 1.74. The van der Waals surface area contributed by atoms with Crippen LogP contribution >= 0.6 is 0 Å². The predicted octanol–water partition coefficient (Wildman–Crippen LogP) is 4.19. The molecule has 22 heavy (non-hydrogen) atoms. The van der Waals surface area contributed by atoms with Gasteiger partial charge in [0.25, 0.3) is 0 Å². The van der Waals surface area contributed by atoms with Gasteiger partial charge < -0.3 is 10.1 Å². The van der Waals surface area contributed by atoms with E-state index < -0.39 is 0 Å². The van der Waals surface area contributed by atoms with Crippen molar-refractivity contribution in [2.24, 2.45) is 5.92 Å². The van der Waals surface area contributed by atoms with Crippen molar-refractivity contribution >= 4 is 0 Å². The molecule has 0 heterocycles. The maximum Gasteiger partial charge on any atom is 0.123 e. The van der Waals surface area contributed by atoms with Crippen molar-refractivity contribution in [1.82, 2.24) is 5.32 Å². The minimum Gasteiger partial charge on any atom is -0.493 e. The van der Waals surface area contributed by atoms with Crippen LogP contribution in [-0.2, 0) is 13.0 Å². The molecule has 0 fully saturated rings. The van der Waals surface area contributed by atoms with E-state index in [1.54, 1.807) is 0 Å². The van der Waals surface area contributed by atoms with Gasteiger partial charge in [-0.05, 0) is 54.3 Å². The van der Waals surface area contributed by atoms with Crippen molar-refractivity contribution in [3.8, 4) is 5.75 Å². The van der Waals surface area contributed by atoms with Crippen LogP contribution in [0.25, 0.3) is 0 Å². The van der Waals surface area contributed by atoms with Crippen molar-refractivity contribution in [2.45, 2.75) is 26.8 Å². The first-order valence-corrected chi connectivity index (χ1v) is 7.80. The Morgan fingerprint density at radius 1 is 1.05 bits per heavy atom. The molecule has 0 saturated heterocycles. The molecule has 2 aromatic carbocycles. The zero-order chi connectivity index (χ0) is 15.8. The molecule has 2 rings (SSSR count). The lowest BCUT2D eigenvalue weighted by atomic mass is 10.1. The molecule has 0 radical (unpaired) electrons. The molecule has 2 aromatic rings. The number of halogens is 1. The first-order chi connectivity index (χ1) is 10.6. The quantitative estimate of drug-likeness (QED) is 0.738. The normalized spacial score (nSPS) is 10.9. The van der Waals surface area contributed by atoms with E-state index in [1.807, 2.05) is 24.3 Å². The highest BCUT2D eigenvalue weighted by Gasteiger charge is 2.00. The molecule has 3 heteroatoms. The summed E-state index contributed by atoms with van der Waals surface area (Å²) in [5, 5.41) is 3.41. The molecule has 0 bridgehead atoms. The van der Waals surface area contributed by atoms with Crippen LogP contribution in [0.2, 0.25) is 0 Å². The molecule has 0 aliphatic carbocycles. The van der Waals surface area contributed by atoms with Crippen LogP contribution < -0.4 is 10.1 Å². The van der Waals surface area contributed by atoms with Crippen LogP contribution in [0.5, 0.6) is 5.75 Å². The second-order valence-corrected chi connectivity index (χ2v) is 5.91. The number of hydrogen-bond acceptors (Lipinski definition) is 2. The molecule has 0 spiro atoms. The fourth-order valence-electron chi connectivity index (χ4n) is 2.12. The van der Waals surface area contributed by atoms with E-state index in [-0.39, 0.29) is 5.82 Å². The van der Waals surface area contributed by atoms with E-state index >= 15 is 0 Å². The van der Waals surface area contributed by atoms with E-state index in [4.69, 9.17) is 4.74 Å². The van der Waals surface area contributed by atoms with Crippen LogP contribution in [0.4, 0.5) is 4.39 Å². The third-order valence-electron chi connectivity index (χ3n) is 3.31. The topological polar surface area (TPSA) is 21.3 Å². The van der Waals surface area contributed by atoms with Crippen LogP contribution in [0.15, 0.2) is 48.5 Å². The summed E-state index contributed by atoms with van der Waals surface area (Å²) < 4.78 is 18.6. The summed E-state index contributed by atoms with van der Waals surface area (Å²) in [5.41, 5.74) is 2.35. The van der Waals surface area contributed by atoms with E-state index in [9.17, 15) is 4.39 Å². The van der Waals surface area contributed by atoms with Crippen molar-refractivity contribution in [2.75, 3.05) is 13.2 Å². The average Bonchev–Trinajstić information content (AvgIpc) is 2.52. The van der Waals surface area contributed by atoms with Crippen molar-refractivity contribution in [3.63, 3.8) is 0 Å². The molecule has 0 saturated carbocycles. The van der Waals surface area contributed by atoms with E-state index in [2.05, 4.69) is 31.3 Å². The summed E-state index contributed by atoms with van der Waals surface area (Å²) in [6.07, 6.45) is 0.893. The summed E-state index contributed by atoms with van der Waals surface area (Å²) >= 11 is 0. The number of hydrogen-bond donors (Lipinski definition) is 1. The van der Waals surface area contributed by atoms with Gasteiger partial charge in [-0.1, -0.05) is 38.1 Å².